The molecule has 0 radical (unpaired) electrons. The number of aromatic nitrogens is 5. The van der Waals surface area contributed by atoms with Gasteiger partial charge in [-0.3, -0.25) is 20.1 Å². The molecule has 3 aromatic rings. The van der Waals surface area contributed by atoms with Crippen molar-refractivity contribution in [2.75, 3.05) is 0 Å². The van der Waals surface area contributed by atoms with Crippen molar-refractivity contribution in [1.82, 2.24) is 25.4 Å². The van der Waals surface area contributed by atoms with Crippen molar-refractivity contribution in [3.8, 4) is 0 Å². The van der Waals surface area contributed by atoms with Crippen molar-refractivity contribution < 1.29 is 0 Å². The molecule has 0 aliphatic rings. The quantitative estimate of drug-likeness (QED) is 0.453. The lowest BCUT2D eigenvalue weighted by Gasteiger charge is -1.87. The highest BCUT2D eigenvalue weighted by atomic mass is 16.1. The van der Waals surface area contributed by atoms with E-state index in [1.165, 1.54) is 6.20 Å². The van der Waals surface area contributed by atoms with E-state index in [2.05, 4.69) is 25.4 Å². The number of H-pyrrole nitrogens is 3. The summed E-state index contributed by atoms with van der Waals surface area (Å²) >= 11 is 0. The lowest BCUT2D eigenvalue weighted by Crippen LogP contribution is -1.97. The van der Waals surface area contributed by atoms with Gasteiger partial charge >= 0.3 is 0 Å². The molecule has 0 bridgehead atoms. The van der Waals surface area contributed by atoms with Crippen LogP contribution in [0.1, 0.15) is 0 Å². The predicted octanol–water partition coefficient (Wildman–Crippen LogP) is 0.127. The summed E-state index contributed by atoms with van der Waals surface area (Å²) in [5, 5.41) is 13.2. The van der Waals surface area contributed by atoms with Crippen LogP contribution in [0.2, 0.25) is 0 Å². The van der Waals surface area contributed by atoms with Crippen LogP contribution in [0, 0.1) is 0 Å². The maximum atomic E-state index is 11.2. The second kappa shape index (κ2) is 1.98. The molecule has 6 heteroatoms. The summed E-state index contributed by atoms with van der Waals surface area (Å²) in [5.74, 6) is 0. The number of hydrogen-bond donors (Lipinski definition) is 3. The molecular formula is C7H5N5O. The first-order chi connectivity index (χ1) is 6.36. The number of pyridine rings is 1. The van der Waals surface area contributed by atoms with Crippen LogP contribution in [-0.2, 0) is 0 Å². The fraction of sp³-hybridized carbons (Fsp3) is 0. The van der Waals surface area contributed by atoms with Gasteiger partial charge in [-0.15, -0.1) is 0 Å². The highest BCUT2D eigenvalue weighted by Gasteiger charge is 2.06. The molecule has 0 atom stereocenters. The van der Waals surface area contributed by atoms with Crippen LogP contribution in [0.4, 0.5) is 0 Å². The number of rotatable bonds is 0. The van der Waals surface area contributed by atoms with Crippen LogP contribution in [0.25, 0.3) is 21.9 Å². The standard InChI is InChI=1S/C7H5N5O/c13-7-4-1-8-6-3(2-9-11-6)5(4)10-12-7/h1-2H,(H,8,9,11)(H2,10,12,13). The highest BCUT2D eigenvalue weighted by molar-refractivity contribution is 6.00. The molecule has 64 valence electrons. The van der Waals surface area contributed by atoms with Crippen molar-refractivity contribution in [2.45, 2.75) is 0 Å². The third-order valence-electron chi connectivity index (χ3n) is 2.03. The molecule has 0 aliphatic carbocycles. The van der Waals surface area contributed by atoms with Crippen molar-refractivity contribution in [3.05, 3.63) is 22.7 Å². The van der Waals surface area contributed by atoms with Gasteiger partial charge in [-0.25, -0.2) is 4.98 Å². The Hall–Kier alpha value is -2.11. The first kappa shape index (κ1) is 6.41. The average Bonchev–Trinajstić information content (AvgIpc) is 2.70. The van der Waals surface area contributed by atoms with Crippen LogP contribution < -0.4 is 5.56 Å². The summed E-state index contributed by atoms with van der Waals surface area (Å²) in [4.78, 5) is 15.2. The van der Waals surface area contributed by atoms with E-state index in [0.717, 1.165) is 10.9 Å². The molecule has 6 nitrogen and oxygen atoms in total. The van der Waals surface area contributed by atoms with E-state index in [1.54, 1.807) is 6.20 Å². The fourth-order valence-corrected chi connectivity index (χ4v) is 1.39. The van der Waals surface area contributed by atoms with Gasteiger partial charge < -0.3 is 0 Å². The Labute approximate surface area is 71.0 Å². The number of hydrogen-bond acceptors (Lipinski definition) is 3. The van der Waals surface area contributed by atoms with Gasteiger partial charge in [0.2, 0.25) is 0 Å². The zero-order valence-electron chi connectivity index (χ0n) is 6.46. The molecule has 0 aromatic carbocycles. The first-order valence-corrected chi connectivity index (χ1v) is 3.75. The summed E-state index contributed by atoms with van der Waals surface area (Å²) in [5.41, 5.74) is 1.25. The van der Waals surface area contributed by atoms with E-state index < -0.39 is 0 Å². The smallest absolute Gasteiger partial charge is 0.273 e. The van der Waals surface area contributed by atoms with Crippen LogP contribution in [0.5, 0.6) is 0 Å². The van der Waals surface area contributed by atoms with E-state index in [4.69, 9.17) is 0 Å². The maximum absolute atomic E-state index is 11.2. The van der Waals surface area contributed by atoms with E-state index in [9.17, 15) is 4.79 Å². The topological polar surface area (TPSA) is 90.2 Å². The van der Waals surface area contributed by atoms with E-state index in [-0.39, 0.29) is 5.56 Å². The SMILES string of the molecule is O=c1[nH][nH]c2c1cnc1[nH]ncc12. The molecule has 3 aromatic heterocycles. The van der Waals surface area contributed by atoms with Crippen LogP contribution in [0.3, 0.4) is 0 Å². The van der Waals surface area contributed by atoms with E-state index in [0.29, 0.717) is 11.0 Å². The third-order valence-corrected chi connectivity index (χ3v) is 2.03. The minimum Gasteiger partial charge on any atom is -0.297 e. The van der Waals surface area contributed by atoms with Gasteiger partial charge in [-0.1, -0.05) is 0 Å². The predicted molar refractivity (Wildman–Crippen MR) is 46.4 cm³/mol. The van der Waals surface area contributed by atoms with Crippen LogP contribution in [0.15, 0.2) is 17.2 Å². The van der Waals surface area contributed by atoms with Gasteiger partial charge in [0, 0.05) is 6.20 Å². The Bertz CT molecular complexity index is 631. The molecule has 0 saturated heterocycles. The van der Waals surface area contributed by atoms with Crippen molar-refractivity contribution >= 4 is 21.9 Å². The molecule has 3 N–H and O–H groups in total. The third kappa shape index (κ3) is 0.689. The van der Waals surface area contributed by atoms with Crippen LogP contribution >= 0.6 is 0 Å². The second-order valence-corrected chi connectivity index (χ2v) is 2.76. The van der Waals surface area contributed by atoms with Gasteiger partial charge in [0.25, 0.3) is 5.56 Å². The fourth-order valence-electron chi connectivity index (χ4n) is 1.39. The number of fused-ring (bicyclic) bond motifs is 3. The maximum Gasteiger partial charge on any atom is 0.273 e. The summed E-state index contributed by atoms with van der Waals surface area (Å²) in [6.07, 6.45) is 3.15. The Morgan fingerprint density at radius 1 is 1.15 bits per heavy atom. The molecule has 0 fully saturated rings. The Kier molecular flexibility index (Phi) is 0.974. The summed E-state index contributed by atoms with van der Waals surface area (Å²) in [6.45, 7) is 0. The molecule has 0 spiro atoms. The number of nitrogens with one attached hydrogen (secondary N) is 3. The monoisotopic (exact) mass is 175 g/mol. The number of aromatic amines is 3. The molecule has 13 heavy (non-hydrogen) atoms. The van der Waals surface area contributed by atoms with Gasteiger partial charge in [0.15, 0.2) is 5.65 Å². The minimum atomic E-state index is -0.161. The Morgan fingerprint density at radius 2 is 2.08 bits per heavy atom. The lowest BCUT2D eigenvalue weighted by atomic mass is 10.3. The molecule has 0 saturated carbocycles. The number of nitrogens with zero attached hydrogens (tertiary/aromatic N) is 2. The molecule has 0 amide bonds. The van der Waals surface area contributed by atoms with Crippen molar-refractivity contribution in [3.63, 3.8) is 0 Å². The van der Waals surface area contributed by atoms with Gasteiger partial charge in [0.1, 0.15) is 0 Å². The molecule has 3 heterocycles. The highest BCUT2D eigenvalue weighted by Crippen LogP contribution is 2.15. The normalized spacial score (nSPS) is 11.4. The van der Waals surface area contributed by atoms with Crippen molar-refractivity contribution in [1.29, 1.82) is 0 Å². The van der Waals surface area contributed by atoms with Gasteiger partial charge in [-0.05, 0) is 0 Å². The van der Waals surface area contributed by atoms with Gasteiger partial charge in [-0.2, -0.15) is 5.10 Å². The summed E-state index contributed by atoms with van der Waals surface area (Å²) < 4.78 is 0. The molecule has 0 unspecified atom stereocenters. The average molecular weight is 175 g/mol. The molecule has 3 rings (SSSR count). The van der Waals surface area contributed by atoms with Crippen molar-refractivity contribution in [2.24, 2.45) is 0 Å². The lowest BCUT2D eigenvalue weighted by molar-refractivity contribution is 1.08. The Balaban J connectivity index is 2.74. The van der Waals surface area contributed by atoms with E-state index in [1.807, 2.05) is 0 Å². The second-order valence-electron chi connectivity index (χ2n) is 2.76. The minimum absolute atomic E-state index is 0.161. The molecule has 0 aliphatic heterocycles. The first-order valence-electron chi connectivity index (χ1n) is 3.75. The van der Waals surface area contributed by atoms with E-state index >= 15 is 0 Å². The summed E-state index contributed by atoms with van der Waals surface area (Å²) in [7, 11) is 0. The zero-order valence-corrected chi connectivity index (χ0v) is 6.46. The van der Waals surface area contributed by atoms with Crippen LogP contribution in [-0.4, -0.2) is 25.4 Å². The largest absolute Gasteiger partial charge is 0.297 e. The Morgan fingerprint density at radius 3 is 3.00 bits per heavy atom. The zero-order chi connectivity index (χ0) is 8.84. The van der Waals surface area contributed by atoms with Gasteiger partial charge in [0.05, 0.1) is 22.5 Å². The molecular weight excluding hydrogens is 170 g/mol. The summed E-state index contributed by atoms with van der Waals surface area (Å²) in [6, 6.07) is 0.